The van der Waals surface area contributed by atoms with Crippen molar-refractivity contribution in [1.82, 2.24) is 19.9 Å². The number of rotatable bonds is 5. The van der Waals surface area contributed by atoms with E-state index in [4.69, 9.17) is 5.73 Å². The zero-order chi connectivity index (χ0) is 16.4. The molecule has 0 saturated heterocycles. The Balaban J connectivity index is 0.00000208. The fourth-order valence-corrected chi connectivity index (χ4v) is 3.13. The number of nitrogen functional groups attached to an aromatic ring is 1. The maximum absolute atomic E-state index is 12.2. The smallest absolute Gasteiger partial charge is 0.258 e. The standard InChI is InChI=1S/C16H19N5OS.ClH/c1-10(2)21(8-11-7-18-16(17)23-11)9-14-19-13-6-4-3-5-12(13)15(22)20-14;/h3-7,10H,8-9H2,1-2H3,(H2,17,18)(H,19,20,22);1H. The fraction of sp³-hybridized carbons (Fsp3) is 0.312. The summed E-state index contributed by atoms with van der Waals surface area (Å²) in [5.74, 6) is 0.667. The molecular formula is C16H20ClN5OS. The molecule has 3 N–H and O–H groups in total. The Labute approximate surface area is 150 Å². The molecule has 3 rings (SSSR count). The second kappa shape index (κ2) is 7.74. The number of hydrogen-bond donors (Lipinski definition) is 2. The van der Waals surface area contributed by atoms with Crippen LogP contribution in [0.3, 0.4) is 0 Å². The molecule has 24 heavy (non-hydrogen) atoms. The Hall–Kier alpha value is -1.96. The largest absolute Gasteiger partial charge is 0.375 e. The Morgan fingerprint density at radius 2 is 2.04 bits per heavy atom. The van der Waals surface area contributed by atoms with Crippen LogP contribution in [0.1, 0.15) is 24.5 Å². The highest BCUT2D eigenvalue weighted by molar-refractivity contribution is 7.15. The number of fused-ring (bicyclic) bond motifs is 1. The Morgan fingerprint density at radius 3 is 2.71 bits per heavy atom. The van der Waals surface area contributed by atoms with E-state index in [1.54, 1.807) is 12.3 Å². The monoisotopic (exact) mass is 365 g/mol. The summed E-state index contributed by atoms with van der Waals surface area (Å²) in [6.07, 6.45) is 1.80. The van der Waals surface area contributed by atoms with E-state index in [1.165, 1.54) is 11.3 Å². The molecule has 0 atom stereocenters. The number of aromatic nitrogens is 3. The molecule has 2 heterocycles. The molecule has 0 radical (unpaired) electrons. The van der Waals surface area contributed by atoms with Gasteiger partial charge in [0.25, 0.3) is 5.56 Å². The highest BCUT2D eigenvalue weighted by atomic mass is 35.5. The van der Waals surface area contributed by atoms with Gasteiger partial charge in [0.15, 0.2) is 5.13 Å². The van der Waals surface area contributed by atoms with Gasteiger partial charge in [-0.3, -0.25) is 9.69 Å². The van der Waals surface area contributed by atoms with Crippen molar-refractivity contribution in [3.63, 3.8) is 0 Å². The third-order valence-corrected chi connectivity index (χ3v) is 4.49. The number of para-hydroxylation sites is 1. The Morgan fingerprint density at radius 1 is 1.29 bits per heavy atom. The molecule has 8 heteroatoms. The van der Waals surface area contributed by atoms with Crippen molar-refractivity contribution >= 4 is 39.8 Å². The summed E-state index contributed by atoms with van der Waals surface area (Å²) >= 11 is 1.48. The molecule has 128 valence electrons. The zero-order valence-corrected chi connectivity index (χ0v) is 15.2. The minimum Gasteiger partial charge on any atom is -0.375 e. The van der Waals surface area contributed by atoms with Crippen LogP contribution >= 0.6 is 23.7 Å². The van der Waals surface area contributed by atoms with Gasteiger partial charge in [0.1, 0.15) is 5.82 Å². The maximum atomic E-state index is 12.2. The van der Waals surface area contributed by atoms with Crippen LogP contribution in [-0.2, 0) is 13.1 Å². The number of H-pyrrole nitrogens is 1. The van der Waals surface area contributed by atoms with Gasteiger partial charge in [-0.15, -0.1) is 23.7 Å². The van der Waals surface area contributed by atoms with Crippen molar-refractivity contribution in [3.05, 3.63) is 51.5 Å². The molecule has 2 aromatic heterocycles. The third kappa shape index (κ3) is 4.11. The van der Waals surface area contributed by atoms with Crippen molar-refractivity contribution in [1.29, 1.82) is 0 Å². The number of nitrogens with one attached hydrogen (secondary N) is 1. The highest BCUT2D eigenvalue weighted by Crippen LogP contribution is 2.19. The lowest BCUT2D eigenvalue weighted by molar-refractivity contribution is 0.200. The molecular weight excluding hydrogens is 346 g/mol. The van der Waals surface area contributed by atoms with E-state index >= 15 is 0 Å². The molecule has 0 saturated carbocycles. The van der Waals surface area contributed by atoms with E-state index in [1.807, 2.05) is 18.2 Å². The van der Waals surface area contributed by atoms with Crippen LogP contribution in [-0.4, -0.2) is 25.9 Å². The molecule has 0 aliphatic rings. The molecule has 0 spiro atoms. The molecule has 1 aromatic carbocycles. The number of halogens is 1. The number of hydrogen-bond acceptors (Lipinski definition) is 6. The number of anilines is 1. The number of nitrogens with two attached hydrogens (primary N) is 1. The van der Waals surface area contributed by atoms with E-state index in [2.05, 4.69) is 33.7 Å². The molecule has 0 aliphatic heterocycles. The first-order chi connectivity index (χ1) is 11.0. The van der Waals surface area contributed by atoms with Gasteiger partial charge in [-0.05, 0) is 26.0 Å². The van der Waals surface area contributed by atoms with Gasteiger partial charge >= 0.3 is 0 Å². The van der Waals surface area contributed by atoms with E-state index in [0.717, 1.165) is 16.9 Å². The minimum atomic E-state index is -0.101. The van der Waals surface area contributed by atoms with Crippen LogP contribution in [0.4, 0.5) is 5.13 Å². The van der Waals surface area contributed by atoms with E-state index in [-0.39, 0.29) is 18.0 Å². The lowest BCUT2D eigenvalue weighted by Gasteiger charge is -2.25. The first-order valence-electron chi connectivity index (χ1n) is 7.45. The number of thiazole rings is 1. The average Bonchev–Trinajstić information content (AvgIpc) is 2.92. The number of aromatic amines is 1. The van der Waals surface area contributed by atoms with E-state index < -0.39 is 0 Å². The average molecular weight is 366 g/mol. The molecule has 3 aromatic rings. The van der Waals surface area contributed by atoms with Gasteiger partial charge < -0.3 is 10.7 Å². The van der Waals surface area contributed by atoms with Gasteiger partial charge in [0.05, 0.1) is 17.4 Å². The highest BCUT2D eigenvalue weighted by Gasteiger charge is 2.14. The van der Waals surface area contributed by atoms with Crippen molar-refractivity contribution < 1.29 is 0 Å². The van der Waals surface area contributed by atoms with Gasteiger partial charge in [0, 0.05) is 23.7 Å². The second-order valence-corrected chi connectivity index (χ2v) is 6.84. The van der Waals surface area contributed by atoms with Gasteiger partial charge in [-0.1, -0.05) is 12.1 Å². The maximum Gasteiger partial charge on any atom is 0.258 e. The second-order valence-electron chi connectivity index (χ2n) is 5.69. The van der Waals surface area contributed by atoms with Crippen LogP contribution in [0.5, 0.6) is 0 Å². The summed E-state index contributed by atoms with van der Waals surface area (Å²) in [6, 6.07) is 7.67. The first-order valence-corrected chi connectivity index (χ1v) is 8.27. The predicted molar refractivity (Wildman–Crippen MR) is 101 cm³/mol. The van der Waals surface area contributed by atoms with Crippen molar-refractivity contribution in [3.8, 4) is 0 Å². The summed E-state index contributed by atoms with van der Waals surface area (Å²) in [4.78, 5) is 27.0. The summed E-state index contributed by atoms with van der Waals surface area (Å²) in [5, 5.41) is 1.18. The van der Waals surface area contributed by atoms with Crippen LogP contribution in [0.25, 0.3) is 10.9 Å². The number of benzene rings is 1. The predicted octanol–water partition coefficient (Wildman–Crippen LogP) is 2.79. The lowest BCUT2D eigenvalue weighted by atomic mass is 10.2. The van der Waals surface area contributed by atoms with Gasteiger partial charge in [0.2, 0.25) is 0 Å². The first kappa shape index (κ1) is 18.4. The minimum absolute atomic E-state index is 0. The summed E-state index contributed by atoms with van der Waals surface area (Å²) < 4.78 is 0. The molecule has 0 fully saturated rings. The summed E-state index contributed by atoms with van der Waals surface area (Å²) in [5.41, 5.74) is 6.31. The van der Waals surface area contributed by atoms with Crippen molar-refractivity contribution in [2.24, 2.45) is 0 Å². The number of nitrogens with zero attached hydrogens (tertiary/aromatic N) is 3. The molecule has 0 bridgehead atoms. The Kier molecular flexibility index (Phi) is 5.93. The molecule has 6 nitrogen and oxygen atoms in total. The molecule has 0 aliphatic carbocycles. The van der Waals surface area contributed by atoms with E-state index in [9.17, 15) is 4.79 Å². The molecule has 0 amide bonds. The fourth-order valence-electron chi connectivity index (χ4n) is 2.42. The van der Waals surface area contributed by atoms with Gasteiger partial charge in [-0.25, -0.2) is 9.97 Å². The SMILES string of the molecule is CC(C)N(Cc1nc2ccccc2c(=O)[nH]1)Cc1cnc(N)s1.Cl. The summed E-state index contributed by atoms with van der Waals surface area (Å²) in [7, 11) is 0. The summed E-state index contributed by atoms with van der Waals surface area (Å²) in [6.45, 7) is 5.52. The Bertz CT molecular complexity index is 876. The van der Waals surface area contributed by atoms with Gasteiger partial charge in [-0.2, -0.15) is 0 Å². The van der Waals surface area contributed by atoms with Crippen molar-refractivity contribution in [2.45, 2.75) is 33.0 Å². The van der Waals surface area contributed by atoms with E-state index in [0.29, 0.717) is 28.9 Å². The van der Waals surface area contributed by atoms with Crippen LogP contribution in [0, 0.1) is 0 Å². The topological polar surface area (TPSA) is 87.9 Å². The van der Waals surface area contributed by atoms with Crippen LogP contribution in [0.15, 0.2) is 35.3 Å². The molecule has 0 unspecified atom stereocenters. The quantitative estimate of drug-likeness (QED) is 0.725. The van der Waals surface area contributed by atoms with Crippen molar-refractivity contribution in [2.75, 3.05) is 5.73 Å². The third-order valence-electron chi connectivity index (χ3n) is 3.68. The van der Waals surface area contributed by atoms with Crippen LogP contribution in [0.2, 0.25) is 0 Å². The van der Waals surface area contributed by atoms with Crippen LogP contribution < -0.4 is 11.3 Å². The normalized spacial score (nSPS) is 11.2. The zero-order valence-electron chi connectivity index (χ0n) is 13.5. The lowest BCUT2D eigenvalue weighted by Crippen LogP contribution is -2.31.